The van der Waals surface area contributed by atoms with E-state index in [1.54, 1.807) is 0 Å². The zero-order valence-corrected chi connectivity index (χ0v) is 15.6. The minimum atomic E-state index is -0.0958. The number of rotatable bonds is 2. The maximum Gasteiger partial charge on any atom is 0.161 e. The fraction of sp³-hybridized carbons (Fsp3) is 0.733. The van der Waals surface area contributed by atoms with Gasteiger partial charge in [0.05, 0.1) is 15.9 Å². The van der Waals surface area contributed by atoms with Gasteiger partial charge in [-0.05, 0) is 36.4 Å². The molecule has 118 valence electrons. The average Bonchev–Trinajstić information content (AvgIpc) is 2.40. The molecule has 0 amide bonds. The van der Waals surface area contributed by atoms with Crippen molar-refractivity contribution < 1.29 is 4.74 Å². The van der Waals surface area contributed by atoms with Crippen molar-refractivity contribution in [3.8, 4) is 0 Å². The molecule has 21 heavy (non-hydrogen) atoms. The van der Waals surface area contributed by atoms with Crippen molar-refractivity contribution in [3.63, 3.8) is 0 Å². The number of nitrogens with zero attached hydrogens (tertiary/aromatic N) is 3. The third kappa shape index (κ3) is 3.84. The van der Waals surface area contributed by atoms with E-state index in [1.807, 2.05) is 0 Å². The second kappa shape index (κ2) is 6.34. The smallest absolute Gasteiger partial charge is 0.161 e. The molecule has 1 aliphatic rings. The van der Waals surface area contributed by atoms with Gasteiger partial charge in [-0.2, -0.15) is 0 Å². The van der Waals surface area contributed by atoms with Crippen molar-refractivity contribution in [2.75, 3.05) is 25.4 Å². The van der Waals surface area contributed by atoms with Gasteiger partial charge >= 0.3 is 0 Å². The molecular formula is C15H25IN4O. The van der Waals surface area contributed by atoms with Crippen molar-refractivity contribution >= 4 is 28.4 Å². The molecule has 2 heterocycles. The molecule has 1 aromatic heterocycles. The van der Waals surface area contributed by atoms with Gasteiger partial charge in [-0.3, -0.25) is 4.90 Å². The summed E-state index contributed by atoms with van der Waals surface area (Å²) in [6.07, 6.45) is -0.0958. The predicted octanol–water partition coefficient (Wildman–Crippen LogP) is 2.74. The molecule has 0 radical (unpaired) electrons. The van der Waals surface area contributed by atoms with E-state index in [2.05, 4.69) is 67.1 Å². The summed E-state index contributed by atoms with van der Waals surface area (Å²) in [5.41, 5.74) is 7.03. The highest BCUT2D eigenvalue weighted by Gasteiger charge is 2.29. The van der Waals surface area contributed by atoms with Crippen LogP contribution in [0.15, 0.2) is 0 Å². The van der Waals surface area contributed by atoms with Crippen LogP contribution in [0, 0.1) is 3.57 Å². The van der Waals surface area contributed by atoms with Gasteiger partial charge in [-0.15, -0.1) is 0 Å². The second-order valence-corrected chi connectivity index (χ2v) is 7.91. The van der Waals surface area contributed by atoms with Crippen molar-refractivity contribution in [2.24, 2.45) is 0 Å². The average molecular weight is 404 g/mol. The van der Waals surface area contributed by atoms with E-state index in [4.69, 9.17) is 15.5 Å². The van der Waals surface area contributed by atoms with Gasteiger partial charge in [0.1, 0.15) is 11.9 Å². The summed E-state index contributed by atoms with van der Waals surface area (Å²) in [5, 5.41) is 0. The second-order valence-electron chi connectivity index (χ2n) is 6.83. The Morgan fingerprint density at radius 1 is 1.33 bits per heavy atom. The molecule has 0 aliphatic carbocycles. The zero-order chi connectivity index (χ0) is 15.8. The summed E-state index contributed by atoms with van der Waals surface area (Å²) < 4.78 is 6.83. The maximum atomic E-state index is 6.09. The van der Waals surface area contributed by atoms with Gasteiger partial charge in [0.15, 0.2) is 5.82 Å². The molecule has 2 rings (SSSR count). The maximum absolute atomic E-state index is 6.09. The van der Waals surface area contributed by atoms with Crippen molar-refractivity contribution in [3.05, 3.63) is 15.1 Å². The highest BCUT2D eigenvalue weighted by molar-refractivity contribution is 14.1. The Hall–Kier alpha value is -0.470. The lowest BCUT2D eigenvalue weighted by atomic mass is 9.92. The van der Waals surface area contributed by atoms with E-state index in [0.717, 1.165) is 22.4 Å². The van der Waals surface area contributed by atoms with Gasteiger partial charge in [0, 0.05) is 24.5 Å². The fourth-order valence-electron chi connectivity index (χ4n) is 2.42. The number of aromatic nitrogens is 2. The van der Waals surface area contributed by atoms with E-state index < -0.39 is 0 Å². The number of morpholine rings is 1. The standard InChI is InChI=1S/C15H25IN4O/c1-9(2)20-6-7-21-10(8-20)14-18-12(15(3,4)5)11(16)13(17)19-14/h9-10H,6-8H2,1-5H3,(H2,17,18,19). The van der Waals surface area contributed by atoms with Crippen LogP contribution in [0.3, 0.4) is 0 Å². The quantitative estimate of drug-likeness (QED) is 0.769. The monoisotopic (exact) mass is 404 g/mol. The van der Waals surface area contributed by atoms with Crippen LogP contribution in [-0.4, -0.2) is 40.6 Å². The Bertz CT molecular complexity index is 513. The van der Waals surface area contributed by atoms with Crippen molar-refractivity contribution in [1.82, 2.24) is 14.9 Å². The minimum absolute atomic E-state index is 0.0608. The molecule has 1 unspecified atom stereocenters. The number of hydrogen-bond acceptors (Lipinski definition) is 5. The number of anilines is 1. The van der Waals surface area contributed by atoms with E-state index >= 15 is 0 Å². The van der Waals surface area contributed by atoms with Crippen LogP contribution in [0.25, 0.3) is 0 Å². The first-order chi connectivity index (χ1) is 9.70. The Morgan fingerprint density at radius 3 is 2.57 bits per heavy atom. The van der Waals surface area contributed by atoms with E-state index in [1.165, 1.54) is 0 Å². The van der Waals surface area contributed by atoms with E-state index in [0.29, 0.717) is 24.3 Å². The Balaban J connectivity index is 2.34. The summed E-state index contributed by atoms with van der Waals surface area (Å²) in [7, 11) is 0. The number of ether oxygens (including phenoxy) is 1. The van der Waals surface area contributed by atoms with E-state index in [9.17, 15) is 0 Å². The van der Waals surface area contributed by atoms with Crippen LogP contribution >= 0.6 is 22.6 Å². The lowest BCUT2D eigenvalue weighted by molar-refractivity contribution is -0.0443. The molecule has 5 nitrogen and oxygen atoms in total. The number of halogens is 1. The molecule has 6 heteroatoms. The third-order valence-corrected chi connectivity index (χ3v) is 4.78. The first-order valence-electron chi connectivity index (χ1n) is 7.39. The number of hydrogen-bond donors (Lipinski definition) is 1. The normalized spacial score (nSPS) is 21.0. The highest BCUT2D eigenvalue weighted by atomic mass is 127. The topological polar surface area (TPSA) is 64.3 Å². The minimum Gasteiger partial charge on any atom is -0.383 e. The van der Waals surface area contributed by atoms with Gasteiger partial charge in [-0.25, -0.2) is 9.97 Å². The van der Waals surface area contributed by atoms with Crippen LogP contribution in [0.1, 0.15) is 52.2 Å². The largest absolute Gasteiger partial charge is 0.383 e. The molecule has 1 aliphatic heterocycles. The molecule has 0 saturated carbocycles. The SMILES string of the molecule is CC(C)N1CCOC(c2nc(N)c(I)c(C(C)(C)C)n2)C1. The molecule has 1 fully saturated rings. The van der Waals surface area contributed by atoms with Gasteiger partial charge in [-0.1, -0.05) is 20.8 Å². The Labute approximate surface area is 140 Å². The summed E-state index contributed by atoms with van der Waals surface area (Å²) in [5.74, 6) is 1.26. The third-order valence-electron chi connectivity index (χ3n) is 3.72. The predicted molar refractivity (Wildman–Crippen MR) is 93.3 cm³/mol. The van der Waals surface area contributed by atoms with Gasteiger partial charge in [0.25, 0.3) is 0 Å². The molecule has 1 saturated heterocycles. The first kappa shape index (κ1) is 16.9. The Morgan fingerprint density at radius 2 is 2.00 bits per heavy atom. The number of nitrogen functional groups attached to an aromatic ring is 1. The van der Waals surface area contributed by atoms with Crippen LogP contribution in [-0.2, 0) is 10.2 Å². The molecular weight excluding hydrogens is 379 g/mol. The zero-order valence-electron chi connectivity index (χ0n) is 13.5. The lowest BCUT2D eigenvalue weighted by Gasteiger charge is -2.35. The molecule has 1 aromatic rings. The van der Waals surface area contributed by atoms with Gasteiger partial charge < -0.3 is 10.5 Å². The molecule has 0 aromatic carbocycles. The van der Waals surface area contributed by atoms with Crippen molar-refractivity contribution in [2.45, 2.75) is 52.2 Å². The molecule has 1 atom stereocenters. The fourth-order valence-corrected chi connectivity index (χ4v) is 3.47. The summed E-state index contributed by atoms with van der Waals surface area (Å²) in [4.78, 5) is 11.6. The van der Waals surface area contributed by atoms with Crippen LogP contribution in [0.5, 0.6) is 0 Å². The van der Waals surface area contributed by atoms with Crippen molar-refractivity contribution in [1.29, 1.82) is 0 Å². The highest BCUT2D eigenvalue weighted by Crippen LogP contribution is 2.30. The summed E-state index contributed by atoms with van der Waals surface area (Å²) >= 11 is 2.23. The summed E-state index contributed by atoms with van der Waals surface area (Å²) in [6.45, 7) is 13.3. The lowest BCUT2D eigenvalue weighted by Crippen LogP contribution is -2.43. The summed E-state index contributed by atoms with van der Waals surface area (Å²) in [6, 6.07) is 0.500. The van der Waals surface area contributed by atoms with Crippen LogP contribution in [0.4, 0.5) is 5.82 Å². The Kier molecular flexibility index (Phi) is 5.10. The molecule has 0 spiro atoms. The molecule has 0 bridgehead atoms. The van der Waals surface area contributed by atoms with Gasteiger partial charge in [0.2, 0.25) is 0 Å². The first-order valence-corrected chi connectivity index (χ1v) is 8.47. The molecule has 2 N–H and O–H groups in total. The van der Waals surface area contributed by atoms with E-state index in [-0.39, 0.29) is 11.5 Å². The van der Waals surface area contributed by atoms with Crippen LogP contribution in [0.2, 0.25) is 0 Å². The number of nitrogens with two attached hydrogens (primary N) is 1. The van der Waals surface area contributed by atoms with Crippen LogP contribution < -0.4 is 5.73 Å².